The summed E-state index contributed by atoms with van der Waals surface area (Å²) in [4.78, 5) is 17.7. The predicted molar refractivity (Wildman–Crippen MR) is 145 cm³/mol. The zero-order chi connectivity index (χ0) is 24.8. The molecule has 5 heteroatoms. The number of nitrogens with zero attached hydrogens (tertiary/aromatic N) is 2. The highest BCUT2D eigenvalue weighted by atomic mass is 16.6. The van der Waals surface area contributed by atoms with Gasteiger partial charge in [-0.15, -0.1) is 0 Å². The number of rotatable bonds is 13. The molecule has 2 aliphatic rings. The topological polar surface area (TPSA) is 42.0 Å². The quantitative estimate of drug-likeness (QED) is 0.288. The number of carbonyl (C=O) groups excluding carboxylic acids is 1. The summed E-state index contributed by atoms with van der Waals surface area (Å²) < 4.78 is 12.0. The molecule has 1 aliphatic carbocycles. The Morgan fingerprint density at radius 1 is 0.806 bits per heavy atom. The summed E-state index contributed by atoms with van der Waals surface area (Å²) in [6.07, 6.45) is 11.9. The van der Waals surface area contributed by atoms with Crippen molar-refractivity contribution in [1.29, 1.82) is 0 Å². The Kier molecular flexibility index (Phi) is 11.1. The third kappa shape index (κ3) is 8.94. The Bertz CT molecular complexity index is 862. The van der Waals surface area contributed by atoms with Gasteiger partial charge < -0.3 is 19.3 Å². The fourth-order valence-electron chi connectivity index (χ4n) is 5.50. The summed E-state index contributed by atoms with van der Waals surface area (Å²) >= 11 is 0. The van der Waals surface area contributed by atoms with Crippen molar-refractivity contribution in [2.45, 2.75) is 89.5 Å². The van der Waals surface area contributed by atoms with Crippen molar-refractivity contribution in [3.05, 3.63) is 71.8 Å². The molecule has 5 nitrogen and oxygen atoms in total. The van der Waals surface area contributed by atoms with E-state index in [9.17, 15) is 4.79 Å². The fourth-order valence-corrected chi connectivity index (χ4v) is 5.50. The van der Waals surface area contributed by atoms with Crippen LogP contribution in [-0.4, -0.2) is 54.3 Å². The number of likely N-dealkylation sites (tertiary alicyclic amines) is 1. The molecule has 0 radical (unpaired) electrons. The number of carbonyl (C=O) groups is 1. The second-order valence-electron chi connectivity index (χ2n) is 10.4. The molecule has 0 bridgehead atoms. The highest BCUT2D eigenvalue weighted by Crippen LogP contribution is 2.27. The third-order valence-corrected chi connectivity index (χ3v) is 7.64. The van der Waals surface area contributed by atoms with Crippen molar-refractivity contribution in [3.8, 4) is 0 Å². The Morgan fingerprint density at radius 3 is 2.14 bits per heavy atom. The molecule has 1 saturated heterocycles. The van der Waals surface area contributed by atoms with Crippen molar-refractivity contribution in [2.24, 2.45) is 0 Å². The first-order valence-corrected chi connectivity index (χ1v) is 14.1. The van der Waals surface area contributed by atoms with Gasteiger partial charge in [-0.3, -0.25) is 0 Å². The number of ether oxygens (including phenoxy) is 2. The van der Waals surface area contributed by atoms with Crippen LogP contribution in [0, 0.1) is 0 Å². The molecule has 2 aromatic carbocycles. The summed E-state index contributed by atoms with van der Waals surface area (Å²) in [5.41, 5.74) is 2.15. The number of hydrogen-bond acceptors (Lipinski definition) is 4. The minimum Gasteiger partial charge on any atom is -0.445 e. The van der Waals surface area contributed by atoms with Gasteiger partial charge in [0.05, 0.1) is 6.10 Å². The van der Waals surface area contributed by atoms with Gasteiger partial charge in [0.1, 0.15) is 6.61 Å². The van der Waals surface area contributed by atoms with Gasteiger partial charge in [-0.05, 0) is 82.1 Å². The van der Waals surface area contributed by atoms with Crippen molar-refractivity contribution in [3.63, 3.8) is 0 Å². The van der Waals surface area contributed by atoms with Crippen molar-refractivity contribution < 1.29 is 14.3 Å². The summed E-state index contributed by atoms with van der Waals surface area (Å²) in [7, 11) is 0. The average molecular weight is 493 g/mol. The van der Waals surface area contributed by atoms with E-state index in [-0.39, 0.29) is 12.1 Å². The molecule has 1 heterocycles. The minimum absolute atomic E-state index is 0.193. The Hall–Kier alpha value is -2.37. The molecule has 0 aromatic heterocycles. The van der Waals surface area contributed by atoms with Crippen LogP contribution in [-0.2, 0) is 22.6 Å². The number of hydrogen-bond donors (Lipinski definition) is 0. The standard InChI is InChI=1S/C31H44N2O3/c34-31(36-26-28-15-7-4-8-16-28)33(25-27-13-5-3-6-14-27)29-17-19-30(20-18-29)35-24-12-2-1-9-21-32-22-10-11-23-32/h3-8,13-16,29-30H,1-2,9-12,17-26H2. The third-order valence-electron chi connectivity index (χ3n) is 7.64. The Balaban J connectivity index is 1.17. The maximum absolute atomic E-state index is 13.2. The smallest absolute Gasteiger partial charge is 0.410 e. The molecule has 0 spiro atoms. The first-order valence-electron chi connectivity index (χ1n) is 14.1. The molecule has 0 N–H and O–H groups in total. The van der Waals surface area contributed by atoms with E-state index in [4.69, 9.17) is 9.47 Å². The number of benzene rings is 2. The Morgan fingerprint density at radius 2 is 1.44 bits per heavy atom. The van der Waals surface area contributed by atoms with E-state index in [0.29, 0.717) is 19.3 Å². The molecular formula is C31H44N2O3. The van der Waals surface area contributed by atoms with E-state index in [1.165, 1.54) is 51.7 Å². The van der Waals surface area contributed by atoms with Gasteiger partial charge in [-0.25, -0.2) is 4.79 Å². The predicted octanol–water partition coefficient (Wildman–Crippen LogP) is 6.81. The van der Waals surface area contributed by atoms with Crippen LogP contribution in [0.1, 0.15) is 75.3 Å². The van der Waals surface area contributed by atoms with Crippen molar-refractivity contribution in [1.82, 2.24) is 9.80 Å². The van der Waals surface area contributed by atoms with E-state index in [1.54, 1.807) is 0 Å². The molecule has 196 valence electrons. The van der Waals surface area contributed by atoms with Crippen LogP contribution in [0.15, 0.2) is 60.7 Å². The van der Waals surface area contributed by atoms with E-state index in [1.807, 2.05) is 53.4 Å². The van der Waals surface area contributed by atoms with E-state index in [2.05, 4.69) is 17.0 Å². The fraction of sp³-hybridized carbons (Fsp3) is 0.581. The van der Waals surface area contributed by atoms with Crippen LogP contribution in [0.25, 0.3) is 0 Å². The molecule has 2 aromatic rings. The molecule has 1 saturated carbocycles. The summed E-state index contributed by atoms with van der Waals surface area (Å²) in [5.74, 6) is 0. The van der Waals surface area contributed by atoms with Gasteiger partial charge in [0.2, 0.25) is 0 Å². The number of amides is 1. The summed E-state index contributed by atoms with van der Waals surface area (Å²) in [6, 6.07) is 20.3. The lowest BCUT2D eigenvalue weighted by Crippen LogP contribution is -2.43. The van der Waals surface area contributed by atoms with Gasteiger partial charge >= 0.3 is 6.09 Å². The number of unbranched alkanes of at least 4 members (excludes halogenated alkanes) is 3. The van der Waals surface area contributed by atoms with Crippen LogP contribution < -0.4 is 0 Å². The van der Waals surface area contributed by atoms with Crippen LogP contribution >= 0.6 is 0 Å². The van der Waals surface area contributed by atoms with Crippen molar-refractivity contribution in [2.75, 3.05) is 26.2 Å². The maximum Gasteiger partial charge on any atom is 0.410 e. The first-order chi connectivity index (χ1) is 17.8. The second-order valence-corrected chi connectivity index (χ2v) is 10.4. The van der Waals surface area contributed by atoms with Gasteiger partial charge in [0, 0.05) is 19.2 Å². The molecule has 4 rings (SSSR count). The monoisotopic (exact) mass is 492 g/mol. The highest BCUT2D eigenvalue weighted by molar-refractivity contribution is 5.68. The molecule has 0 unspecified atom stereocenters. The molecule has 1 amide bonds. The lowest BCUT2D eigenvalue weighted by Gasteiger charge is -2.36. The highest BCUT2D eigenvalue weighted by Gasteiger charge is 2.30. The first kappa shape index (κ1) is 26.7. The summed E-state index contributed by atoms with van der Waals surface area (Å²) in [6.45, 7) is 5.65. The zero-order valence-electron chi connectivity index (χ0n) is 21.9. The molecular weight excluding hydrogens is 448 g/mol. The Labute approximate surface area is 217 Å². The second kappa shape index (κ2) is 15.0. The largest absolute Gasteiger partial charge is 0.445 e. The van der Waals surface area contributed by atoms with Crippen LogP contribution in [0.5, 0.6) is 0 Å². The minimum atomic E-state index is -0.221. The lowest BCUT2D eigenvalue weighted by atomic mass is 9.91. The van der Waals surface area contributed by atoms with Crippen LogP contribution in [0.2, 0.25) is 0 Å². The zero-order valence-corrected chi connectivity index (χ0v) is 21.9. The normalized spacial score (nSPS) is 20.3. The SMILES string of the molecule is O=C(OCc1ccccc1)N(Cc1ccccc1)C1CCC(OCCCCCCN2CCCC2)CC1. The lowest BCUT2D eigenvalue weighted by molar-refractivity contribution is 0.00194. The van der Waals surface area contributed by atoms with Crippen LogP contribution in [0.3, 0.4) is 0 Å². The molecule has 2 fully saturated rings. The van der Waals surface area contributed by atoms with Gasteiger partial charge in [-0.1, -0.05) is 73.5 Å². The van der Waals surface area contributed by atoms with Crippen LogP contribution in [0.4, 0.5) is 4.79 Å². The van der Waals surface area contributed by atoms with E-state index in [0.717, 1.165) is 49.8 Å². The van der Waals surface area contributed by atoms with E-state index >= 15 is 0 Å². The van der Waals surface area contributed by atoms with Crippen molar-refractivity contribution >= 4 is 6.09 Å². The summed E-state index contributed by atoms with van der Waals surface area (Å²) in [5, 5.41) is 0. The van der Waals surface area contributed by atoms with E-state index < -0.39 is 0 Å². The maximum atomic E-state index is 13.2. The molecule has 0 atom stereocenters. The molecule has 1 aliphatic heterocycles. The van der Waals surface area contributed by atoms with Gasteiger partial charge in [0.25, 0.3) is 0 Å². The average Bonchev–Trinajstić information content (AvgIpc) is 3.45. The van der Waals surface area contributed by atoms with Gasteiger partial charge in [-0.2, -0.15) is 0 Å². The molecule has 36 heavy (non-hydrogen) atoms. The van der Waals surface area contributed by atoms with Gasteiger partial charge in [0.15, 0.2) is 0 Å².